The van der Waals surface area contributed by atoms with Gasteiger partial charge in [0.1, 0.15) is 4.99 Å². The maximum Gasteiger partial charge on any atom is 0.106 e. The third-order valence-corrected chi connectivity index (χ3v) is 2.36. The van der Waals surface area contributed by atoms with E-state index in [0.29, 0.717) is 10.0 Å². The van der Waals surface area contributed by atoms with E-state index in [-0.39, 0.29) is 0 Å². The molecule has 0 fully saturated rings. The molecule has 3 N–H and O–H groups in total. The van der Waals surface area contributed by atoms with Crippen molar-refractivity contribution < 1.29 is 0 Å². The number of aromatic nitrogens is 1. The molecular weight excluding hydrogens is 204 g/mol. The van der Waals surface area contributed by atoms with Gasteiger partial charge in [0.25, 0.3) is 0 Å². The third-order valence-electron chi connectivity index (χ3n) is 1.91. The van der Waals surface area contributed by atoms with Crippen molar-refractivity contribution in [2.75, 3.05) is 0 Å². The number of hydrogen-bond donors (Lipinski definition) is 2. The van der Waals surface area contributed by atoms with Crippen LogP contribution < -0.4 is 5.73 Å². The summed E-state index contributed by atoms with van der Waals surface area (Å²) in [5, 5.41) is 1.71. The SMILES string of the molecule is NC(=S)c1c[nH]c2cc(Cl)ccc12. The van der Waals surface area contributed by atoms with E-state index in [4.69, 9.17) is 29.6 Å². The van der Waals surface area contributed by atoms with Crippen molar-refractivity contribution in [3.8, 4) is 0 Å². The van der Waals surface area contributed by atoms with Crippen molar-refractivity contribution in [1.82, 2.24) is 4.98 Å². The summed E-state index contributed by atoms with van der Waals surface area (Å²) in [6.45, 7) is 0. The van der Waals surface area contributed by atoms with Crippen LogP contribution >= 0.6 is 23.8 Å². The topological polar surface area (TPSA) is 41.8 Å². The number of halogens is 1. The smallest absolute Gasteiger partial charge is 0.106 e. The van der Waals surface area contributed by atoms with Crippen LogP contribution in [-0.4, -0.2) is 9.97 Å². The molecule has 2 rings (SSSR count). The van der Waals surface area contributed by atoms with Gasteiger partial charge in [-0.1, -0.05) is 29.9 Å². The second kappa shape index (κ2) is 3.01. The van der Waals surface area contributed by atoms with Crippen LogP contribution in [0.1, 0.15) is 5.56 Å². The highest BCUT2D eigenvalue weighted by atomic mass is 35.5. The molecule has 1 aromatic carbocycles. The first-order valence-corrected chi connectivity index (χ1v) is 4.53. The maximum atomic E-state index is 5.82. The summed E-state index contributed by atoms with van der Waals surface area (Å²) in [5.74, 6) is 0. The van der Waals surface area contributed by atoms with Crippen LogP contribution in [0.5, 0.6) is 0 Å². The second-order valence-electron chi connectivity index (χ2n) is 2.76. The number of hydrogen-bond acceptors (Lipinski definition) is 1. The number of nitrogens with one attached hydrogen (secondary N) is 1. The predicted molar refractivity (Wildman–Crippen MR) is 59.2 cm³/mol. The molecule has 0 amide bonds. The molecule has 0 radical (unpaired) electrons. The highest BCUT2D eigenvalue weighted by Crippen LogP contribution is 2.21. The van der Waals surface area contributed by atoms with Crippen LogP contribution in [0, 0.1) is 0 Å². The van der Waals surface area contributed by atoms with Gasteiger partial charge in [-0.3, -0.25) is 0 Å². The first kappa shape index (κ1) is 8.53. The number of aromatic amines is 1. The Bertz CT molecular complexity index is 475. The summed E-state index contributed by atoms with van der Waals surface area (Å²) >= 11 is 10.7. The molecule has 0 aliphatic rings. The molecule has 0 unspecified atom stereocenters. The highest BCUT2D eigenvalue weighted by Gasteiger charge is 2.05. The molecule has 66 valence electrons. The van der Waals surface area contributed by atoms with Crippen molar-refractivity contribution in [1.29, 1.82) is 0 Å². The van der Waals surface area contributed by atoms with Crippen molar-refractivity contribution in [3.05, 3.63) is 35.0 Å². The fourth-order valence-corrected chi connectivity index (χ4v) is 1.64. The molecule has 0 spiro atoms. The summed E-state index contributed by atoms with van der Waals surface area (Å²) in [4.78, 5) is 3.46. The molecule has 13 heavy (non-hydrogen) atoms. The minimum absolute atomic E-state index is 0.397. The van der Waals surface area contributed by atoms with Gasteiger partial charge < -0.3 is 10.7 Å². The Morgan fingerprint density at radius 2 is 2.23 bits per heavy atom. The molecule has 0 atom stereocenters. The Hall–Kier alpha value is -1.06. The Morgan fingerprint density at radius 3 is 2.92 bits per heavy atom. The second-order valence-corrected chi connectivity index (χ2v) is 3.63. The fourth-order valence-electron chi connectivity index (χ4n) is 1.30. The fraction of sp³-hybridized carbons (Fsp3) is 0. The van der Waals surface area contributed by atoms with E-state index in [1.54, 1.807) is 6.20 Å². The van der Waals surface area contributed by atoms with Gasteiger partial charge in [0.2, 0.25) is 0 Å². The summed E-state index contributed by atoms with van der Waals surface area (Å²) in [6.07, 6.45) is 1.79. The van der Waals surface area contributed by atoms with E-state index in [0.717, 1.165) is 16.5 Å². The van der Waals surface area contributed by atoms with Gasteiger partial charge in [-0.25, -0.2) is 0 Å². The van der Waals surface area contributed by atoms with Gasteiger partial charge in [0, 0.05) is 27.7 Å². The quantitative estimate of drug-likeness (QED) is 0.710. The van der Waals surface area contributed by atoms with Crippen molar-refractivity contribution >= 4 is 39.7 Å². The van der Waals surface area contributed by atoms with Crippen molar-refractivity contribution in [2.45, 2.75) is 0 Å². The molecule has 0 aliphatic heterocycles. The number of rotatable bonds is 1. The van der Waals surface area contributed by atoms with Crippen molar-refractivity contribution in [3.63, 3.8) is 0 Å². The van der Waals surface area contributed by atoms with Crippen LogP contribution in [0.15, 0.2) is 24.4 Å². The minimum atomic E-state index is 0.397. The van der Waals surface area contributed by atoms with Gasteiger partial charge in [-0.05, 0) is 12.1 Å². The van der Waals surface area contributed by atoms with Gasteiger partial charge in [-0.15, -0.1) is 0 Å². The summed E-state index contributed by atoms with van der Waals surface area (Å²) < 4.78 is 0. The zero-order valence-corrected chi connectivity index (χ0v) is 8.25. The summed E-state index contributed by atoms with van der Waals surface area (Å²) in [5.41, 5.74) is 7.36. The van der Waals surface area contributed by atoms with E-state index in [1.165, 1.54) is 0 Å². The average Bonchev–Trinajstić information content (AvgIpc) is 2.46. The first-order valence-electron chi connectivity index (χ1n) is 3.75. The van der Waals surface area contributed by atoms with Gasteiger partial charge in [-0.2, -0.15) is 0 Å². The number of H-pyrrole nitrogens is 1. The lowest BCUT2D eigenvalue weighted by molar-refractivity contribution is 1.47. The molecule has 2 aromatic rings. The summed E-state index contributed by atoms with van der Waals surface area (Å²) in [6, 6.07) is 5.57. The number of nitrogens with two attached hydrogens (primary N) is 1. The number of thiocarbonyl (C=S) groups is 1. The van der Waals surface area contributed by atoms with Gasteiger partial charge in [0.15, 0.2) is 0 Å². The van der Waals surface area contributed by atoms with Gasteiger partial charge >= 0.3 is 0 Å². The molecule has 4 heteroatoms. The first-order chi connectivity index (χ1) is 6.18. The Morgan fingerprint density at radius 1 is 1.46 bits per heavy atom. The number of benzene rings is 1. The molecule has 2 nitrogen and oxygen atoms in total. The van der Waals surface area contributed by atoms with Crippen LogP contribution in [0.25, 0.3) is 10.9 Å². The van der Waals surface area contributed by atoms with Crippen LogP contribution in [-0.2, 0) is 0 Å². The lowest BCUT2D eigenvalue weighted by Gasteiger charge is -1.94. The monoisotopic (exact) mass is 210 g/mol. The van der Waals surface area contributed by atoms with E-state index >= 15 is 0 Å². The predicted octanol–water partition coefficient (Wildman–Crippen LogP) is 2.46. The van der Waals surface area contributed by atoms with E-state index in [2.05, 4.69) is 4.98 Å². The molecule has 0 saturated carbocycles. The summed E-state index contributed by atoms with van der Waals surface area (Å²) in [7, 11) is 0. The highest BCUT2D eigenvalue weighted by molar-refractivity contribution is 7.80. The molecule has 1 heterocycles. The molecule has 0 aliphatic carbocycles. The Labute approximate surface area is 85.7 Å². The molecule has 0 saturated heterocycles. The van der Waals surface area contributed by atoms with Crippen LogP contribution in [0.4, 0.5) is 0 Å². The van der Waals surface area contributed by atoms with E-state index < -0.39 is 0 Å². The zero-order valence-electron chi connectivity index (χ0n) is 6.67. The lowest BCUT2D eigenvalue weighted by Crippen LogP contribution is -2.08. The van der Waals surface area contributed by atoms with Crippen molar-refractivity contribution in [2.24, 2.45) is 5.73 Å². The molecular formula is C9H7ClN2S. The lowest BCUT2D eigenvalue weighted by atomic mass is 10.2. The standard InChI is InChI=1S/C9H7ClN2S/c10-5-1-2-6-7(9(11)13)4-12-8(6)3-5/h1-4,12H,(H2,11,13). The van der Waals surface area contributed by atoms with Gasteiger partial charge in [0.05, 0.1) is 0 Å². The normalized spacial score (nSPS) is 10.5. The zero-order chi connectivity index (χ0) is 9.42. The largest absolute Gasteiger partial charge is 0.389 e. The molecule has 1 aromatic heterocycles. The third kappa shape index (κ3) is 1.41. The molecule has 0 bridgehead atoms. The van der Waals surface area contributed by atoms with Crippen LogP contribution in [0.3, 0.4) is 0 Å². The Balaban J connectivity index is 2.76. The maximum absolute atomic E-state index is 5.82. The minimum Gasteiger partial charge on any atom is -0.389 e. The van der Waals surface area contributed by atoms with Crippen LogP contribution in [0.2, 0.25) is 5.02 Å². The van der Waals surface area contributed by atoms with E-state index in [9.17, 15) is 0 Å². The Kier molecular flexibility index (Phi) is 1.98. The average molecular weight is 211 g/mol. The van der Waals surface area contributed by atoms with E-state index in [1.807, 2.05) is 18.2 Å². The number of fused-ring (bicyclic) bond motifs is 1.